The molecule has 0 saturated carbocycles. The Morgan fingerprint density at radius 2 is 1.89 bits per heavy atom. The van der Waals surface area contributed by atoms with E-state index in [0.29, 0.717) is 6.92 Å². The van der Waals surface area contributed by atoms with Gasteiger partial charge >= 0.3 is 0 Å². The zero-order valence-electron chi connectivity index (χ0n) is 10.6. The summed E-state index contributed by atoms with van der Waals surface area (Å²) in [6.07, 6.45) is -0.783. The van der Waals surface area contributed by atoms with Crippen molar-refractivity contribution in [1.29, 1.82) is 0 Å². The number of nitrogens with two attached hydrogens (primary N) is 1. The number of hydrogen-bond donors (Lipinski definition) is 6. The molecule has 1 aliphatic rings. The van der Waals surface area contributed by atoms with Gasteiger partial charge in [-0.1, -0.05) is 0 Å². The topological polar surface area (TPSA) is 165 Å². The van der Waals surface area contributed by atoms with E-state index in [4.69, 9.17) is 5.73 Å². The van der Waals surface area contributed by atoms with E-state index in [1.165, 1.54) is 6.92 Å². The van der Waals surface area contributed by atoms with E-state index in [1.54, 1.807) is 0 Å². The van der Waals surface area contributed by atoms with Gasteiger partial charge in [0.2, 0.25) is 23.4 Å². The molecule has 2 atom stereocenters. The molecule has 9 nitrogen and oxygen atoms in total. The van der Waals surface area contributed by atoms with Gasteiger partial charge in [-0.05, 0) is 13.8 Å². The Bertz CT molecular complexity index is 403. The molecule has 1 heterocycles. The third-order valence-corrected chi connectivity index (χ3v) is 3.38. The molecule has 0 aromatic heterocycles. The van der Waals surface area contributed by atoms with Gasteiger partial charge in [0, 0.05) is 0 Å². The zero-order chi connectivity index (χ0) is 15.2. The Balaban J connectivity index is 3.07. The van der Waals surface area contributed by atoms with Gasteiger partial charge in [0.25, 0.3) is 0 Å². The summed E-state index contributed by atoms with van der Waals surface area (Å²) in [6.45, 7) is 1.29. The quantitative estimate of drug-likeness (QED) is 0.287. The first-order valence-corrected chi connectivity index (χ1v) is 5.54. The lowest BCUT2D eigenvalue weighted by molar-refractivity contribution is -0.400. The Morgan fingerprint density at radius 3 is 2.26 bits per heavy atom. The number of amides is 2. The van der Waals surface area contributed by atoms with Crippen LogP contribution in [0.5, 0.6) is 0 Å². The fraction of sp³-hybridized carbons (Fsp3) is 0.800. The fourth-order valence-electron chi connectivity index (χ4n) is 1.96. The number of likely N-dealkylation sites (tertiary alicyclic amines) is 1. The van der Waals surface area contributed by atoms with E-state index in [9.17, 15) is 35.1 Å². The van der Waals surface area contributed by atoms with Crippen molar-refractivity contribution in [2.24, 2.45) is 5.73 Å². The first-order chi connectivity index (χ1) is 8.33. The van der Waals surface area contributed by atoms with E-state index in [-0.39, 0.29) is 0 Å². The number of aliphatic hydroxyl groups is 5. The molecule has 1 fully saturated rings. The van der Waals surface area contributed by atoms with Gasteiger partial charge in [0.1, 0.15) is 11.6 Å². The molecule has 0 radical (unpaired) electrons. The fourth-order valence-corrected chi connectivity index (χ4v) is 1.96. The van der Waals surface area contributed by atoms with Crippen molar-refractivity contribution in [3.05, 3.63) is 0 Å². The SMILES string of the molecule is CC(C(N)=O)N1CC(O)(C(O)(O)C(C)(O)O)CC1=O. The average Bonchev–Trinajstić information content (AvgIpc) is 2.52. The van der Waals surface area contributed by atoms with Gasteiger partial charge in [-0.2, -0.15) is 0 Å². The van der Waals surface area contributed by atoms with Crippen LogP contribution in [0.2, 0.25) is 0 Å². The first-order valence-electron chi connectivity index (χ1n) is 5.54. The van der Waals surface area contributed by atoms with Crippen LogP contribution >= 0.6 is 0 Å². The van der Waals surface area contributed by atoms with Crippen LogP contribution in [0.15, 0.2) is 0 Å². The molecule has 110 valence electrons. The summed E-state index contributed by atoms with van der Waals surface area (Å²) in [5.74, 6) is -8.02. The molecule has 0 aromatic carbocycles. The molecule has 1 rings (SSSR count). The van der Waals surface area contributed by atoms with Crippen LogP contribution in [0.25, 0.3) is 0 Å². The molecule has 0 aromatic rings. The van der Waals surface area contributed by atoms with Crippen LogP contribution < -0.4 is 5.73 Å². The van der Waals surface area contributed by atoms with Gasteiger partial charge in [-0.3, -0.25) is 9.59 Å². The van der Waals surface area contributed by atoms with Crippen molar-refractivity contribution in [2.45, 2.75) is 43.5 Å². The van der Waals surface area contributed by atoms with Crippen molar-refractivity contribution in [1.82, 2.24) is 4.90 Å². The minimum absolute atomic E-state index is 0.648. The summed E-state index contributed by atoms with van der Waals surface area (Å²) in [6, 6.07) is -1.07. The zero-order valence-corrected chi connectivity index (χ0v) is 10.6. The number of primary amides is 1. The average molecular weight is 278 g/mol. The molecule has 1 aliphatic heterocycles. The molecule has 1 saturated heterocycles. The van der Waals surface area contributed by atoms with Crippen molar-refractivity contribution in [3.8, 4) is 0 Å². The maximum absolute atomic E-state index is 11.7. The highest BCUT2D eigenvalue weighted by Crippen LogP contribution is 2.37. The van der Waals surface area contributed by atoms with Gasteiger partial charge in [-0.15, -0.1) is 0 Å². The van der Waals surface area contributed by atoms with Crippen LogP contribution in [-0.4, -0.2) is 72.0 Å². The second kappa shape index (κ2) is 4.39. The maximum Gasteiger partial charge on any atom is 0.250 e. The summed E-state index contributed by atoms with van der Waals surface area (Å²) in [7, 11) is 0. The predicted octanol–water partition coefficient (Wildman–Crippen LogP) is -3.79. The van der Waals surface area contributed by atoms with Crippen molar-refractivity contribution in [3.63, 3.8) is 0 Å². The van der Waals surface area contributed by atoms with Gasteiger partial charge < -0.3 is 36.2 Å². The Hall–Kier alpha value is -1.26. The lowest BCUT2D eigenvalue weighted by Crippen LogP contribution is -2.68. The molecule has 2 unspecified atom stereocenters. The first kappa shape index (κ1) is 15.8. The minimum atomic E-state index is -3.36. The van der Waals surface area contributed by atoms with E-state index in [1.807, 2.05) is 0 Å². The lowest BCUT2D eigenvalue weighted by Gasteiger charge is -2.42. The van der Waals surface area contributed by atoms with Crippen LogP contribution in [0.4, 0.5) is 0 Å². The van der Waals surface area contributed by atoms with Gasteiger partial charge in [-0.25, -0.2) is 0 Å². The third-order valence-electron chi connectivity index (χ3n) is 3.38. The van der Waals surface area contributed by atoms with Crippen LogP contribution in [0, 0.1) is 0 Å². The number of β-amino-alcohol motifs (C(OH)–C–C–N with tert-alkyl or cyclic N) is 1. The molecule has 0 spiro atoms. The second-order valence-electron chi connectivity index (χ2n) is 5.00. The largest absolute Gasteiger partial charge is 0.382 e. The molecule has 0 aliphatic carbocycles. The Labute approximate surface area is 108 Å². The van der Waals surface area contributed by atoms with Gasteiger partial charge in [0.05, 0.1) is 13.0 Å². The number of nitrogens with zero attached hydrogens (tertiary/aromatic N) is 1. The molecular weight excluding hydrogens is 260 g/mol. The van der Waals surface area contributed by atoms with Crippen LogP contribution in [0.1, 0.15) is 20.3 Å². The molecule has 7 N–H and O–H groups in total. The maximum atomic E-state index is 11.7. The standard InChI is InChI=1S/C10H18N2O7/c1-5(7(11)14)12-4-9(17,3-6(12)13)10(18,19)8(2,15)16/h5,15-19H,3-4H2,1-2H3,(H2,11,14). The van der Waals surface area contributed by atoms with Gasteiger partial charge in [0.15, 0.2) is 0 Å². The Kier molecular flexibility index (Phi) is 3.65. The van der Waals surface area contributed by atoms with Crippen LogP contribution in [0.3, 0.4) is 0 Å². The molecular formula is C10H18N2O7. The highest BCUT2D eigenvalue weighted by atomic mass is 16.6. The number of carbonyl (C=O) groups excluding carboxylic acids is 2. The summed E-state index contributed by atoms with van der Waals surface area (Å²) in [4.78, 5) is 23.5. The predicted molar refractivity (Wildman–Crippen MR) is 59.9 cm³/mol. The monoisotopic (exact) mass is 278 g/mol. The number of rotatable bonds is 4. The molecule has 19 heavy (non-hydrogen) atoms. The summed E-state index contributed by atoms with van der Waals surface area (Å²) in [5, 5.41) is 48.0. The Morgan fingerprint density at radius 1 is 1.42 bits per heavy atom. The summed E-state index contributed by atoms with van der Waals surface area (Å²) < 4.78 is 0. The second-order valence-corrected chi connectivity index (χ2v) is 5.00. The normalized spacial score (nSPS) is 26.7. The van der Waals surface area contributed by atoms with Crippen molar-refractivity contribution in [2.75, 3.05) is 6.54 Å². The molecule has 2 amide bonds. The minimum Gasteiger partial charge on any atom is -0.382 e. The number of carbonyl (C=O) groups is 2. The molecule has 0 bridgehead atoms. The smallest absolute Gasteiger partial charge is 0.250 e. The summed E-state index contributed by atoms with van der Waals surface area (Å²) >= 11 is 0. The third kappa shape index (κ3) is 2.42. The van der Waals surface area contributed by atoms with Crippen molar-refractivity contribution >= 4 is 11.8 Å². The van der Waals surface area contributed by atoms with Crippen molar-refractivity contribution < 1.29 is 35.1 Å². The highest BCUT2D eigenvalue weighted by Gasteiger charge is 2.64. The molecule has 9 heteroatoms. The lowest BCUT2D eigenvalue weighted by atomic mass is 9.86. The summed E-state index contributed by atoms with van der Waals surface area (Å²) in [5.41, 5.74) is 2.49. The highest BCUT2D eigenvalue weighted by molar-refractivity contribution is 5.88. The van der Waals surface area contributed by atoms with E-state index < -0.39 is 48.0 Å². The van der Waals surface area contributed by atoms with E-state index in [2.05, 4.69) is 0 Å². The van der Waals surface area contributed by atoms with Crippen LogP contribution in [-0.2, 0) is 9.59 Å². The van der Waals surface area contributed by atoms with E-state index >= 15 is 0 Å². The van der Waals surface area contributed by atoms with E-state index in [0.717, 1.165) is 4.90 Å². The number of hydrogen-bond acceptors (Lipinski definition) is 7.